The Bertz CT molecular complexity index is 184. The van der Waals surface area contributed by atoms with Crippen LogP contribution in [0.3, 0.4) is 0 Å². The molecule has 78 valence electrons. The third kappa shape index (κ3) is 2.30. The second-order valence-electron chi connectivity index (χ2n) is 3.41. The average molecular weight is 203 g/mol. The predicted molar refractivity (Wildman–Crippen MR) is 36.3 cm³/mol. The van der Waals surface area contributed by atoms with E-state index in [1.807, 2.05) is 0 Å². The molecule has 6 heteroatoms. The second-order valence-corrected chi connectivity index (χ2v) is 3.41. The van der Waals surface area contributed by atoms with Gasteiger partial charge in [-0.05, 0) is 12.3 Å². The molecule has 0 heterocycles. The summed E-state index contributed by atoms with van der Waals surface area (Å²) in [6.07, 6.45) is -4.35. The maximum atomic E-state index is 12.5. The van der Waals surface area contributed by atoms with Gasteiger partial charge in [-0.15, -0.1) is 0 Å². The molecule has 0 saturated heterocycles. The zero-order valence-electron chi connectivity index (χ0n) is 6.74. The highest BCUT2D eigenvalue weighted by molar-refractivity contribution is 4.91. The molecule has 0 aromatic heterocycles. The standard InChI is InChI=1S/C7H10F5N/c8-6(9,7(10,11)12)5(13)3-4-1-2-4/h4-5H,1-3,13H2. The van der Waals surface area contributed by atoms with Gasteiger partial charge in [0, 0.05) is 0 Å². The molecule has 1 rings (SSSR count). The lowest BCUT2D eigenvalue weighted by Crippen LogP contribution is -2.51. The van der Waals surface area contributed by atoms with E-state index < -0.39 is 18.1 Å². The summed E-state index contributed by atoms with van der Waals surface area (Å²) < 4.78 is 60.1. The lowest BCUT2D eigenvalue weighted by Gasteiger charge is -2.25. The molecular formula is C7H10F5N. The quantitative estimate of drug-likeness (QED) is 0.700. The molecule has 0 spiro atoms. The molecule has 1 atom stereocenters. The summed E-state index contributed by atoms with van der Waals surface area (Å²) in [4.78, 5) is 0. The normalized spacial score (nSPS) is 21.7. The van der Waals surface area contributed by atoms with Crippen molar-refractivity contribution in [1.29, 1.82) is 0 Å². The highest BCUT2D eigenvalue weighted by Gasteiger charge is 2.61. The van der Waals surface area contributed by atoms with Crippen molar-refractivity contribution in [2.75, 3.05) is 0 Å². The van der Waals surface area contributed by atoms with E-state index in [4.69, 9.17) is 5.73 Å². The molecule has 1 nitrogen and oxygen atoms in total. The largest absolute Gasteiger partial charge is 0.454 e. The Morgan fingerprint density at radius 1 is 1.15 bits per heavy atom. The van der Waals surface area contributed by atoms with Crippen LogP contribution in [-0.4, -0.2) is 18.1 Å². The van der Waals surface area contributed by atoms with Crippen LogP contribution in [0.2, 0.25) is 0 Å². The van der Waals surface area contributed by atoms with Crippen LogP contribution in [0.5, 0.6) is 0 Å². The van der Waals surface area contributed by atoms with Gasteiger partial charge in [-0.3, -0.25) is 0 Å². The summed E-state index contributed by atoms with van der Waals surface area (Å²) in [5.41, 5.74) is 4.81. The molecule has 13 heavy (non-hydrogen) atoms. The van der Waals surface area contributed by atoms with Crippen LogP contribution in [0.25, 0.3) is 0 Å². The Morgan fingerprint density at radius 2 is 1.62 bits per heavy atom. The Labute approximate surface area is 72.1 Å². The first-order chi connectivity index (χ1) is 5.75. The first-order valence-corrected chi connectivity index (χ1v) is 3.95. The van der Waals surface area contributed by atoms with E-state index in [2.05, 4.69) is 0 Å². The fourth-order valence-electron chi connectivity index (χ4n) is 1.07. The van der Waals surface area contributed by atoms with Gasteiger partial charge in [0.1, 0.15) is 0 Å². The van der Waals surface area contributed by atoms with Gasteiger partial charge in [0.15, 0.2) is 0 Å². The van der Waals surface area contributed by atoms with E-state index in [0.29, 0.717) is 12.8 Å². The third-order valence-electron chi connectivity index (χ3n) is 2.13. The Hall–Kier alpha value is -0.390. The van der Waals surface area contributed by atoms with Crippen molar-refractivity contribution in [1.82, 2.24) is 0 Å². The molecule has 1 fully saturated rings. The van der Waals surface area contributed by atoms with Gasteiger partial charge in [-0.25, -0.2) is 0 Å². The smallest absolute Gasteiger partial charge is 0.322 e. The Kier molecular flexibility index (Phi) is 2.53. The average Bonchev–Trinajstić information content (AvgIpc) is 2.68. The van der Waals surface area contributed by atoms with Crippen LogP contribution in [0, 0.1) is 5.92 Å². The zero-order chi connectivity index (χ0) is 10.3. The van der Waals surface area contributed by atoms with Crippen LogP contribution in [-0.2, 0) is 0 Å². The van der Waals surface area contributed by atoms with Crippen molar-refractivity contribution < 1.29 is 22.0 Å². The van der Waals surface area contributed by atoms with E-state index in [1.165, 1.54) is 0 Å². The van der Waals surface area contributed by atoms with Crippen LogP contribution < -0.4 is 5.73 Å². The molecule has 0 aromatic rings. The molecule has 1 aliphatic carbocycles. The van der Waals surface area contributed by atoms with Crippen molar-refractivity contribution in [3.8, 4) is 0 Å². The molecule has 1 aliphatic rings. The predicted octanol–water partition coefficient (Wildman–Crippen LogP) is 2.31. The zero-order valence-corrected chi connectivity index (χ0v) is 6.74. The number of hydrogen-bond acceptors (Lipinski definition) is 1. The van der Waals surface area contributed by atoms with Crippen molar-refractivity contribution in [3.05, 3.63) is 0 Å². The summed E-state index contributed by atoms with van der Waals surface area (Å²) in [6.45, 7) is 0. The van der Waals surface area contributed by atoms with Crippen molar-refractivity contribution in [3.63, 3.8) is 0 Å². The molecule has 1 saturated carbocycles. The molecule has 0 bridgehead atoms. The molecule has 0 aromatic carbocycles. The molecule has 0 radical (unpaired) electrons. The number of hydrogen-bond donors (Lipinski definition) is 1. The number of nitrogens with two attached hydrogens (primary N) is 1. The fraction of sp³-hybridized carbons (Fsp3) is 1.00. The number of rotatable bonds is 3. The van der Waals surface area contributed by atoms with Gasteiger partial charge >= 0.3 is 12.1 Å². The van der Waals surface area contributed by atoms with Crippen molar-refractivity contribution in [2.24, 2.45) is 11.7 Å². The van der Waals surface area contributed by atoms with E-state index in [-0.39, 0.29) is 12.3 Å². The first kappa shape index (κ1) is 10.7. The van der Waals surface area contributed by atoms with Crippen molar-refractivity contribution >= 4 is 0 Å². The van der Waals surface area contributed by atoms with E-state index in [1.54, 1.807) is 0 Å². The van der Waals surface area contributed by atoms with Gasteiger partial charge in [0.2, 0.25) is 0 Å². The Morgan fingerprint density at radius 3 is 1.92 bits per heavy atom. The first-order valence-electron chi connectivity index (χ1n) is 3.95. The van der Waals surface area contributed by atoms with E-state index in [0.717, 1.165) is 0 Å². The minimum atomic E-state index is -5.53. The number of alkyl halides is 5. The molecule has 1 unspecified atom stereocenters. The topological polar surface area (TPSA) is 26.0 Å². The summed E-state index contributed by atoms with van der Waals surface area (Å²) >= 11 is 0. The molecular weight excluding hydrogens is 193 g/mol. The van der Waals surface area contributed by atoms with Gasteiger partial charge in [-0.2, -0.15) is 22.0 Å². The fourth-order valence-corrected chi connectivity index (χ4v) is 1.07. The maximum absolute atomic E-state index is 12.5. The third-order valence-corrected chi connectivity index (χ3v) is 2.13. The highest BCUT2D eigenvalue weighted by atomic mass is 19.4. The summed E-state index contributed by atoms with van der Waals surface area (Å²) in [7, 11) is 0. The van der Waals surface area contributed by atoms with Crippen LogP contribution in [0.15, 0.2) is 0 Å². The van der Waals surface area contributed by atoms with E-state index >= 15 is 0 Å². The van der Waals surface area contributed by atoms with Crippen LogP contribution >= 0.6 is 0 Å². The molecule has 0 aliphatic heterocycles. The van der Waals surface area contributed by atoms with Gasteiger partial charge in [0.05, 0.1) is 6.04 Å². The molecule has 2 N–H and O–H groups in total. The van der Waals surface area contributed by atoms with Crippen LogP contribution in [0.4, 0.5) is 22.0 Å². The summed E-state index contributed by atoms with van der Waals surface area (Å²) in [5, 5.41) is 0. The lowest BCUT2D eigenvalue weighted by atomic mass is 10.0. The SMILES string of the molecule is NC(CC1CC1)C(F)(F)C(F)(F)F. The van der Waals surface area contributed by atoms with Gasteiger partial charge < -0.3 is 5.73 Å². The lowest BCUT2D eigenvalue weighted by molar-refractivity contribution is -0.290. The van der Waals surface area contributed by atoms with E-state index in [9.17, 15) is 22.0 Å². The second kappa shape index (κ2) is 3.08. The van der Waals surface area contributed by atoms with Gasteiger partial charge in [0.25, 0.3) is 0 Å². The number of halogens is 5. The monoisotopic (exact) mass is 203 g/mol. The molecule has 0 amide bonds. The van der Waals surface area contributed by atoms with Crippen LogP contribution in [0.1, 0.15) is 19.3 Å². The van der Waals surface area contributed by atoms with Gasteiger partial charge in [-0.1, -0.05) is 12.8 Å². The highest BCUT2D eigenvalue weighted by Crippen LogP contribution is 2.42. The Balaban J connectivity index is 2.55. The maximum Gasteiger partial charge on any atom is 0.454 e. The minimum absolute atomic E-state index is 0.0387. The minimum Gasteiger partial charge on any atom is -0.322 e. The summed E-state index contributed by atoms with van der Waals surface area (Å²) in [6, 6.07) is -2.10. The summed E-state index contributed by atoms with van der Waals surface area (Å²) in [5.74, 6) is -4.79. The van der Waals surface area contributed by atoms with Crippen molar-refractivity contribution in [2.45, 2.75) is 37.4 Å².